The van der Waals surface area contributed by atoms with E-state index in [1.165, 1.54) is 25.7 Å². The van der Waals surface area contributed by atoms with Gasteiger partial charge in [0, 0.05) is 5.56 Å². The summed E-state index contributed by atoms with van der Waals surface area (Å²) in [7, 11) is 1.30. The first-order chi connectivity index (χ1) is 12.6. The summed E-state index contributed by atoms with van der Waals surface area (Å²) >= 11 is 6.18. The molecule has 0 spiro atoms. The molecule has 0 bridgehead atoms. The molecule has 0 aliphatic carbocycles. The molecule has 132 valence electrons. The van der Waals surface area contributed by atoms with Crippen molar-refractivity contribution in [1.29, 1.82) is 0 Å². The number of nitrogens with one attached hydrogen (secondary N) is 1. The third kappa shape index (κ3) is 3.84. The standard InChI is InChI=1S/C18H13ClN2O5/c1-24-18(23)11-4-6-14(19)13(9-11)15-7-5-12(26-15)10-20-21-17(22)16-3-2-8-25-16/h2-10H,1H3,(H,21,22)/b20-10+. The van der Waals surface area contributed by atoms with Crippen molar-refractivity contribution in [1.82, 2.24) is 5.43 Å². The molecule has 2 aromatic heterocycles. The number of furan rings is 2. The zero-order valence-corrected chi connectivity index (χ0v) is 14.3. The third-order valence-electron chi connectivity index (χ3n) is 3.38. The van der Waals surface area contributed by atoms with Gasteiger partial charge in [-0.05, 0) is 42.5 Å². The number of carbonyl (C=O) groups excluding carboxylic acids is 2. The van der Waals surface area contributed by atoms with Gasteiger partial charge in [-0.3, -0.25) is 4.79 Å². The van der Waals surface area contributed by atoms with E-state index in [0.29, 0.717) is 27.7 Å². The predicted octanol–water partition coefficient (Wildman–Crippen LogP) is 3.74. The Balaban J connectivity index is 1.74. The van der Waals surface area contributed by atoms with E-state index in [0.717, 1.165) is 0 Å². The molecule has 1 N–H and O–H groups in total. The van der Waals surface area contributed by atoms with Crippen molar-refractivity contribution in [3.63, 3.8) is 0 Å². The maximum absolute atomic E-state index is 11.7. The third-order valence-corrected chi connectivity index (χ3v) is 3.71. The van der Waals surface area contributed by atoms with Crippen LogP contribution in [0.2, 0.25) is 5.02 Å². The Kier molecular flexibility index (Phi) is 5.19. The highest BCUT2D eigenvalue weighted by molar-refractivity contribution is 6.33. The first kappa shape index (κ1) is 17.5. The Labute approximate surface area is 153 Å². The zero-order valence-electron chi connectivity index (χ0n) is 13.6. The lowest BCUT2D eigenvalue weighted by atomic mass is 10.1. The molecule has 0 fully saturated rings. The Hall–Kier alpha value is -3.32. The number of carbonyl (C=O) groups is 2. The summed E-state index contributed by atoms with van der Waals surface area (Å²) in [6.07, 6.45) is 2.73. The van der Waals surface area contributed by atoms with Crippen molar-refractivity contribution in [2.45, 2.75) is 0 Å². The number of benzene rings is 1. The highest BCUT2D eigenvalue weighted by Gasteiger charge is 2.13. The topological polar surface area (TPSA) is 94.0 Å². The zero-order chi connectivity index (χ0) is 18.5. The molecule has 0 radical (unpaired) electrons. The number of hydrogen-bond donors (Lipinski definition) is 1. The SMILES string of the molecule is COC(=O)c1ccc(Cl)c(-c2ccc(/C=N/NC(=O)c3ccco3)o2)c1. The fraction of sp³-hybridized carbons (Fsp3) is 0.0556. The van der Waals surface area contributed by atoms with Gasteiger partial charge in [-0.1, -0.05) is 11.6 Å². The second-order valence-corrected chi connectivity index (χ2v) is 5.47. The number of hydrogen-bond acceptors (Lipinski definition) is 6. The summed E-state index contributed by atoms with van der Waals surface area (Å²) < 4.78 is 15.3. The van der Waals surface area contributed by atoms with Gasteiger partial charge < -0.3 is 13.6 Å². The van der Waals surface area contributed by atoms with E-state index >= 15 is 0 Å². The summed E-state index contributed by atoms with van der Waals surface area (Å²) in [5.74, 6) is 0.0243. The van der Waals surface area contributed by atoms with Crippen molar-refractivity contribution in [2.24, 2.45) is 5.10 Å². The van der Waals surface area contributed by atoms with E-state index in [1.54, 1.807) is 36.4 Å². The van der Waals surface area contributed by atoms with Crippen LogP contribution in [0.25, 0.3) is 11.3 Å². The predicted molar refractivity (Wildman–Crippen MR) is 94.3 cm³/mol. The maximum atomic E-state index is 11.7. The molecule has 0 unspecified atom stereocenters. The molecule has 1 aromatic carbocycles. The maximum Gasteiger partial charge on any atom is 0.337 e. The van der Waals surface area contributed by atoms with E-state index in [-0.39, 0.29) is 5.76 Å². The first-order valence-corrected chi connectivity index (χ1v) is 7.81. The fourth-order valence-electron chi connectivity index (χ4n) is 2.14. The minimum Gasteiger partial charge on any atom is -0.465 e. The molecule has 2 heterocycles. The summed E-state index contributed by atoms with van der Waals surface area (Å²) in [5, 5.41) is 4.22. The van der Waals surface area contributed by atoms with E-state index in [2.05, 4.69) is 10.5 Å². The van der Waals surface area contributed by atoms with Crippen LogP contribution < -0.4 is 5.43 Å². The van der Waals surface area contributed by atoms with Gasteiger partial charge in [-0.25, -0.2) is 10.2 Å². The Morgan fingerprint density at radius 1 is 1.23 bits per heavy atom. The van der Waals surface area contributed by atoms with Crippen LogP contribution >= 0.6 is 11.6 Å². The molecule has 0 aliphatic heterocycles. The summed E-state index contributed by atoms with van der Waals surface area (Å²) in [6, 6.07) is 11.2. The molecule has 0 atom stereocenters. The van der Waals surface area contributed by atoms with Crippen LogP contribution in [-0.2, 0) is 4.74 Å². The van der Waals surface area contributed by atoms with Crippen LogP contribution in [0.15, 0.2) is 62.7 Å². The lowest BCUT2D eigenvalue weighted by Gasteiger charge is -2.04. The van der Waals surface area contributed by atoms with Gasteiger partial charge in [-0.15, -0.1) is 0 Å². The smallest absolute Gasteiger partial charge is 0.337 e. The molecular weight excluding hydrogens is 360 g/mol. The summed E-state index contributed by atoms with van der Waals surface area (Å²) in [4.78, 5) is 23.3. The van der Waals surface area contributed by atoms with Crippen LogP contribution in [0.5, 0.6) is 0 Å². The number of methoxy groups -OCH3 is 1. The van der Waals surface area contributed by atoms with Crippen LogP contribution in [0, 0.1) is 0 Å². The monoisotopic (exact) mass is 372 g/mol. The summed E-state index contributed by atoms with van der Waals surface area (Å²) in [5.41, 5.74) is 3.20. The number of hydrazone groups is 1. The van der Waals surface area contributed by atoms with Crippen LogP contribution in [-0.4, -0.2) is 25.2 Å². The van der Waals surface area contributed by atoms with Gasteiger partial charge in [0.2, 0.25) is 0 Å². The van der Waals surface area contributed by atoms with Crippen molar-refractivity contribution < 1.29 is 23.2 Å². The van der Waals surface area contributed by atoms with Crippen molar-refractivity contribution in [2.75, 3.05) is 7.11 Å². The fourth-order valence-corrected chi connectivity index (χ4v) is 2.35. The number of rotatable bonds is 5. The molecule has 1 amide bonds. The van der Waals surface area contributed by atoms with Crippen LogP contribution in [0.1, 0.15) is 26.7 Å². The average molecular weight is 373 g/mol. The normalized spacial score (nSPS) is 10.8. The molecule has 7 nitrogen and oxygen atoms in total. The molecule has 0 aliphatic rings. The van der Waals surface area contributed by atoms with Crippen molar-refractivity contribution >= 4 is 29.7 Å². The quantitative estimate of drug-likeness (QED) is 0.418. The number of esters is 1. The molecule has 0 saturated heterocycles. The van der Waals surface area contributed by atoms with Crippen LogP contribution in [0.3, 0.4) is 0 Å². The van der Waals surface area contributed by atoms with Gasteiger partial charge in [0.05, 0.1) is 30.2 Å². The Bertz CT molecular complexity index is 960. The molecule has 8 heteroatoms. The van der Waals surface area contributed by atoms with E-state index in [1.807, 2.05) is 0 Å². The van der Waals surface area contributed by atoms with E-state index in [9.17, 15) is 9.59 Å². The number of halogens is 1. The number of nitrogens with zero attached hydrogens (tertiary/aromatic N) is 1. The van der Waals surface area contributed by atoms with Gasteiger partial charge in [0.15, 0.2) is 5.76 Å². The second kappa shape index (κ2) is 7.71. The van der Waals surface area contributed by atoms with Gasteiger partial charge in [0.1, 0.15) is 11.5 Å². The van der Waals surface area contributed by atoms with Crippen molar-refractivity contribution in [3.8, 4) is 11.3 Å². The lowest BCUT2D eigenvalue weighted by Crippen LogP contribution is -2.16. The number of amides is 1. The Morgan fingerprint density at radius 2 is 2.08 bits per heavy atom. The molecule has 3 rings (SSSR count). The Morgan fingerprint density at radius 3 is 2.81 bits per heavy atom. The number of ether oxygens (including phenoxy) is 1. The minimum absolute atomic E-state index is 0.147. The van der Waals surface area contributed by atoms with Gasteiger partial charge in [-0.2, -0.15) is 5.10 Å². The second-order valence-electron chi connectivity index (χ2n) is 5.06. The largest absolute Gasteiger partial charge is 0.465 e. The molecular formula is C18H13ClN2O5. The molecule has 3 aromatic rings. The lowest BCUT2D eigenvalue weighted by molar-refractivity contribution is 0.0600. The molecule has 0 saturated carbocycles. The van der Waals surface area contributed by atoms with Crippen LogP contribution in [0.4, 0.5) is 0 Å². The van der Waals surface area contributed by atoms with E-state index < -0.39 is 11.9 Å². The molecule has 26 heavy (non-hydrogen) atoms. The van der Waals surface area contributed by atoms with Gasteiger partial charge in [0.25, 0.3) is 0 Å². The highest BCUT2D eigenvalue weighted by atomic mass is 35.5. The average Bonchev–Trinajstić information content (AvgIpc) is 3.33. The van der Waals surface area contributed by atoms with Gasteiger partial charge >= 0.3 is 11.9 Å². The van der Waals surface area contributed by atoms with Crippen molar-refractivity contribution in [3.05, 3.63) is 70.8 Å². The first-order valence-electron chi connectivity index (χ1n) is 7.43. The van der Waals surface area contributed by atoms with E-state index in [4.69, 9.17) is 25.2 Å². The summed E-state index contributed by atoms with van der Waals surface area (Å²) in [6.45, 7) is 0. The minimum atomic E-state index is -0.480. The highest BCUT2D eigenvalue weighted by Crippen LogP contribution is 2.30.